The highest BCUT2D eigenvalue weighted by molar-refractivity contribution is 5.37. The molecule has 1 aliphatic rings. The molecule has 1 fully saturated rings. The van der Waals surface area contributed by atoms with Crippen LogP contribution >= 0.6 is 0 Å². The molecule has 2 heterocycles. The smallest absolute Gasteiger partial charge is 0.316 e. The number of aromatic amines is 1. The number of aryl methyl sites for hydroxylation is 1. The van der Waals surface area contributed by atoms with Gasteiger partial charge in [-0.15, -0.1) is 0 Å². The molecule has 0 amide bonds. The first-order chi connectivity index (χ1) is 10.2. The van der Waals surface area contributed by atoms with E-state index in [-0.39, 0.29) is 11.3 Å². The van der Waals surface area contributed by atoms with Crippen molar-refractivity contribution in [2.24, 2.45) is 0 Å². The first-order valence-corrected chi connectivity index (χ1v) is 6.93. The van der Waals surface area contributed by atoms with Gasteiger partial charge in [-0.1, -0.05) is 12.1 Å². The third-order valence-corrected chi connectivity index (χ3v) is 3.59. The van der Waals surface area contributed by atoms with E-state index < -0.39 is 0 Å². The van der Waals surface area contributed by atoms with Gasteiger partial charge in [-0.25, -0.2) is 4.98 Å². The number of benzene rings is 1. The Hall–Kier alpha value is -2.63. The third-order valence-electron chi connectivity index (χ3n) is 3.59. The zero-order chi connectivity index (χ0) is 14.4. The predicted octanol–water partition coefficient (Wildman–Crippen LogP) is 2.40. The Balaban J connectivity index is 1.72. The van der Waals surface area contributed by atoms with E-state index in [4.69, 9.17) is 4.74 Å². The molecular weight excluding hydrogens is 268 g/mol. The molecule has 1 saturated carbocycles. The van der Waals surface area contributed by atoms with E-state index in [1.165, 1.54) is 29.1 Å². The Labute approximate surface area is 120 Å². The van der Waals surface area contributed by atoms with Gasteiger partial charge in [0, 0.05) is 0 Å². The van der Waals surface area contributed by atoms with E-state index >= 15 is 0 Å². The molecule has 1 aromatic carbocycles. The van der Waals surface area contributed by atoms with Gasteiger partial charge in [0.2, 0.25) is 5.75 Å². The van der Waals surface area contributed by atoms with E-state index in [0.29, 0.717) is 23.3 Å². The van der Waals surface area contributed by atoms with Crippen molar-refractivity contribution in [1.29, 1.82) is 0 Å². The van der Waals surface area contributed by atoms with Crippen molar-refractivity contribution in [3.05, 3.63) is 52.2 Å². The largest absolute Gasteiger partial charge is 0.450 e. The summed E-state index contributed by atoms with van der Waals surface area (Å²) in [5, 5.41) is 2.84. The Morgan fingerprint density at radius 1 is 1.38 bits per heavy atom. The summed E-state index contributed by atoms with van der Waals surface area (Å²) in [6.45, 7) is 1.77. The summed E-state index contributed by atoms with van der Waals surface area (Å²) in [7, 11) is 0. The monoisotopic (exact) mass is 282 g/mol. The summed E-state index contributed by atoms with van der Waals surface area (Å²) >= 11 is 0. The van der Waals surface area contributed by atoms with Crippen molar-refractivity contribution < 1.29 is 4.74 Å². The first kappa shape index (κ1) is 12.1. The van der Waals surface area contributed by atoms with Gasteiger partial charge in [-0.3, -0.25) is 9.89 Å². The van der Waals surface area contributed by atoms with Crippen LogP contribution in [0.1, 0.15) is 30.1 Å². The van der Waals surface area contributed by atoms with Gasteiger partial charge in [-0.05, 0) is 43.4 Å². The summed E-state index contributed by atoms with van der Waals surface area (Å²) in [4.78, 5) is 20.5. The topological polar surface area (TPSA) is 72.3 Å². The molecule has 0 aliphatic heterocycles. The van der Waals surface area contributed by atoms with Gasteiger partial charge in [0.05, 0.1) is 6.20 Å². The Kier molecular flexibility index (Phi) is 2.57. The highest BCUT2D eigenvalue weighted by Crippen LogP contribution is 2.41. The maximum absolute atomic E-state index is 12.3. The molecule has 6 nitrogen and oxygen atoms in total. The number of hydrogen-bond acceptors (Lipinski definition) is 4. The molecule has 0 saturated heterocycles. The van der Waals surface area contributed by atoms with Crippen LogP contribution in [0.15, 0.2) is 35.3 Å². The molecular formula is C15H14N4O2. The zero-order valence-corrected chi connectivity index (χ0v) is 11.5. The highest BCUT2D eigenvalue weighted by atomic mass is 16.5. The van der Waals surface area contributed by atoms with Crippen molar-refractivity contribution in [3.8, 4) is 11.5 Å². The van der Waals surface area contributed by atoms with Crippen molar-refractivity contribution in [3.63, 3.8) is 0 Å². The Morgan fingerprint density at radius 3 is 3.05 bits per heavy atom. The van der Waals surface area contributed by atoms with E-state index in [9.17, 15) is 4.79 Å². The standard InChI is InChI=1S/C15H14N4O2/c1-9-17-15-16-8-13(14(20)19(15)18-9)21-12-4-2-3-11(7-12)10-5-6-10/h2-4,7-8,10H,5-6H2,1H3,(H,16,17,18). The van der Waals surface area contributed by atoms with E-state index in [1.807, 2.05) is 18.2 Å². The highest BCUT2D eigenvalue weighted by Gasteiger charge is 2.23. The number of H-pyrrole nitrogens is 1. The molecule has 0 spiro atoms. The maximum Gasteiger partial charge on any atom is 0.316 e. The second-order valence-corrected chi connectivity index (χ2v) is 5.32. The minimum Gasteiger partial charge on any atom is -0.450 e. The number of ether oxygens (including phenoxy) is 1. The average molecular weight is 282 g/mol. The second kappa shape index (κ2) is 4.44. The van der Waals surface area contributed by atoms with E-state index in [2.05, 4.69) is 21.1 Å². The van der Waals surface area contributed by atoms with Gasteiger partial charge in [-0.2, -0.15) is 9.50 Å². The van der Waals surface area contributed by atoms with Crippen LogP contribution in [0.25, 0.3) is 5.78 Å². The molecule has 106 valence electrons. The fourth-order valence-electron chi connectivity index (χ4n) is 2.39. The lowest BCUT2D eigenvalue weighted by Crippen LogP contribution is -2.16. The van der Waals surface area contributed by atoms with Crippen LogP contribution in [0.3, 0.4) is 0 Å². The normalized spacial score (nSPS) is 14.5. The number of nitrogens with one attached hydrogen (secondary N) is 1. The van der Waals surface area contributed by atoms with Crippen LogP contribution in [0.4, 0.5) is 0 Å². The fraction of sp³-hybridized carbons (Fsp3) is 0.267. The molecule has 6 heteroatoms. The number of fused-ring (bicyclic) bond motifs is 1. The van der Waals surface area contributed by atoms with Gasteiger partial charge < -0.3 is 4.74 Å². The van der Waals surface area contributed by atoms with Crippen LogP contribution in [0, 0.1) is 6.92 Å². The van der Waals surface area contributed by atoms with E-state index in [0.717, 1.165) is 0 Å². The molecule has 2 aromatic heterocycles. The van der Waals surface area contributed by atoms with Crippen LogP contribution in [0.2, 0.25) is 0 Å². The third kappa shape index (κ3) is 2.18. The van der Waals surface area contributed by atoms with Gasteiger partial charge in [0.25, 0.3) is 5.78 Å². The van der Waals surface area contributed by atoms with Crippen molar-refractivity contribution >= 4 is 5.78 Å². The van der Waals surface area contributed by atoms with E-state index in [1.54, 1.807) is 6.92 Å². The quantitative estimate of drug-likeness (QED) is 0.800. The molecule has 0 atom stereocenters. The molecule has 4 rings (SSSR count). The van der Waals surface area contributed by atoms with Crippen molar-refractivity contribution in [1.82, 2.24) is 19.6 Å². The van der Waals surface area contributed by atoms with Gasteiger partial charge in [0.1, 0.15) is 11.6 Å². The number of nitrogens with zero attached hydrogens (tertiary/aromatic N) is 3. The molecule has 0 radical (unpaired) electrons. The summed E-state index contributed by atoms with van der Waals surface area (Å²) in [5.74, 6) is 2.47. The number of hydrogen-bond donors (Lipinski definition) is 1. The summed E-state index contributed by atoms with van der Waals surface area (Å²) in [6.07, 6.45) is 3.88. The van der Waals surface area contributed by atoms with Crippen LogP contribution < -0.4 is 10.3 Å². The molecule has 0 bridgehead atoms. The van der Waals surface area contributed by atoms with Gasteiger partial charge >= 0.3 is 5.56 Å². The molecule has 1 N–H and O–H groups in total. The molecule has 1 aliphatic carbocycles. The molecule has 0 unspecified atom stereocenters. The van der Waals surface area contributed by atoms with Gasteiger partial charge in [0.15, 0.2) is 0 Å². The lowest BCUT2D eigenvalue weighted by molar-refractivity contribution is 0.468. The zero-order valence-electron chi connectivity index (χ0n) is 11.5. The predicted molar refractivity (Wildman–Crippen MR) is 76.8 cm³/mol. The lowest BCUT2D eigenvalue weighted by Gasteiger charge is -2.06. The molecule has 21 heavy (non-hydrogen) atoms. The summed E-state index contributed by atoms with van der Waals surface area (Å²) in [5.41, 5.74) is 0.969. The first-order valence-electron chi connectivity index (χ1n) is 6.93. The van der Waals surface area contributed by atoms with Crippen molar-refractivity contribution in [2.45, 2.75) is 25.7 Å². The Bertz CT molecular complexity index is 877. The average Bonchev–Trinajstić information content (AvgIpc) is 3.25. The van der Waals surface area contributed by atoms with Crippen LogP contribution in [-0.4, -0.2) is 19.6 Å². The Morgan fingerprint density at radius 2 is 2.24 bits per heavy atom. The minimum absolute atomic E-state index is 0.184. The minimum atomic E-state index is -0.294. The lowest BCUT2D eigenvalue weighted by atomic mass is 10.1. The van der Waals surface area contributed by atoms with Crippen molar-refractivity contribution in [2.75, 3.05) is 0 Å². The maximum atomic E-state index is 12.3. The fourth-order valence-corrected chi connectivity index (χ4v) is 2.39. The SMILES string of the molecule is Cc1nc2ncc(Oc3cccc(C4CC4)c3)c(=O)n2[nH]1. The second-order valence-electron chi connectivity index (χ2n) is 5.32. The number of rotatable bonds is 3. The van der Waals surface area contributed by atoms with Crippen LogP contribution in [0.5, 0.6) is 11.5 Å². The molecule has 3 aromatic rings. The summed E-state index contributed by atoms with van der Waals surface area (Å²) in [6, 6.07) is 7.88. The van der Waals surface area contributed by atoms with Crippen LogP contribution in [-0.2, 0) is 0 Å². The summed E-state index contributed by atoms with van der Waals surface area (Å²) < 4.78 is 6.99. The number of aromatic nitrogens is 4.